The smallest absolute Gasteiger partial charge is 0.301 e. The number of anilines is 2. The van der Waals surface area contributed by atoms with Crippen LogP contribution in [0.4, 0.5) is 11.5 Å². The van der Waals surface area contributed by atoms with Gasteiger partial charge in [-0.2, -0.15) is 17.1 Å². The summed E-state index contributed by atoms with van der Waals surface area (Å²) in [6.45, 7) is 4.89. The maximum absolute atomic E-state index is 12.0. The highest BCUT2D eigenvalue weighted by molar-refractivity contribution is 7.90. The molecule has 1 aliphatic rings. The molecule has 2 heterocycles. The minimum atomic E-state index is -3.48. The fourth-order valence-electron chi connectivity index (χ4n) is 3.60. The first-order valence-electron chi connectivity index (χ1n) is 10.0. The van der Waals surface area contributed by atoms with E-state index in [-0.39, 0.29) is 0 Å². The van der Waals surface area contributed by atoms with E-state index in [4.69, 9.17) is 0 Å². The second kappa shape index (κ2) is 8.89. The van der Waals surface area contributed by atoms with Gasteiger partial charge in [-0.3, -0.25) is 9.62 Å². The lowest BCUT2D eigenvalue weighted by Gasteiger charge is -2.35. The molecule has 0 unspecified atom stereocenters. The van der Waals surface area contributed by atoms with Crippen molar-refractivity contribution in [2.24, 2.45) is 0 Å². The quantitative estimate of drug-likeness (QED) is 0.606. The van der Waals surface area contributed by atoms with Crippen LogP contribution in [0.15, 0.2) is 48.5 Å². The Hall–Kier alpha value is -2.20. The van der Waals surface area contributed by atoms with Crippen LogP contribution in [-0.2, 0) is 16.6 Å². The summed E-state index contributed by atoms with van der Waals surface area (Å²) >= 11 is 1.57. The molecule has 1 aliphatic heterocycles. The fourth-order valence-corrected chi connectivity index (χ4v) is 5.00. The topological polar surface area (TPSA) is 68.8 Å². The maximum Gasteiger partial charge on any atom is 0.301 e. The highest BCUT2D eigenvalue weighted by atomic mass is 32.2. The van der Waals surface area contributed by atoms with Crippen molar-refractivity contribution in [1.29, 1.82) is 0 Å². The van der Waals surface area contributed by atoms with Gasteiger partial charge in [-0.05, 0) is 47.8 Å². The summed E-state index contributed by atoms with van der Waals surface area (Å²) in [4.78, 5) is 4.84. The van der Waals surface area contributed by atoms with Crippen LogP contribution in [0.2, 0.25) is 0 Å². The van der Waals surface area contributed by atoms with Crippen molar-refractivity contribution in [2.45, 2.75) is 6.42 Å². The lowest BCUT2D eigenvalue weighted by atomic mass is 10.1. The predicted molar refractivity (Wildman–Crippen MR) is 125 cm³/mol. The molecule has 1 aromatic heterocycles. The zero-order valence-corrected chi connectivity index (χ0v) is 18.9. The average molecular weight is 446 g/mol. The van der Waals surface area contributed by atoms with Gasteiger partial charge in [0.25, 0.3) is 0 Å². The third kappa shape index (κ3) is 4.75. The van der Waals surface area contributed by atoms with Crippen molar-refractivity contribution in [3.8, 4) is 0 Å². The molecule has 160 valence electrons. The summed E-state index contributed by atoms with van der Waals surface area (Å²) in [5, 5.41) is 1.24. The molecule has 4 rings (SSSR count). The van der Waals surface area contributed by atoms with Gasteiger partial charge in [-0.15, -0.1) is 0 Å². The molecule has 0 atom stereocenters. The number of piperazine rings is 1. The summed E-state index contributed by atoms with van der Waals surface area (Å²) in [5.41, 5.74) is 1.73. The van der Waals surface area contributed by atoms with Crippen LogP contribution in [0, 0.1) is 0 Å². The van der Waals surface area contributed by atoms with Gasteiger partial charge in [-0.25, -0.2) is 0 Å². The van der Waals surface area contributed by atoms with Crippen molar-refractivity contribution < 1.29 is 8.42 Å². The molecule has 1 saturated heterocycles. The standard InChI is InChI=1S/C21H27N5O2S2/c1-24(2)30(27,28)23-18-7-5-6-17(16-18)10-11-25-12-14-26(15-13-25)21-19-8-3-4-9-20(19)29-22-21/h3-9,16,23H,10-15H2,1-2H3. The maximum atomic E-state index is 12.0. The fraction of sp³-hybridized carbons (Fsp3) is 0.381. The molecule has 1 N–H and O–H groups in total. The molecule has 0 saturated carbocycles. The molecule has 2 aromatic carbocycles. The number of hydrogen-bond donors (Lipinski definition) is 1. The molecule has 0 amide bonds. The zero-order chi connectivity index (χ0) is 21.1. The Balaban J connectivity index is 1.31. The van der Waals surface area contributed by atoms with Gasteiger partial charge in [-0.1, -0.05) is 24.3 Å². The summed E-state index contributed by atoms with van der Waals surface area (Å²) in [6.07, 6.45) is 0.886. The van der Waals surface area contributed by atoms with Gasteiger partial charge >= 0.3 is 10.2 Å². The number of nitrogens with one attached hydrogen (secondary N) is 1. The van der Waals surface area contributed by atoms with Crippen LogP contribution in [-0.4, -0.2) is 68.8 Å². The number of hydrogen-bond acceptors (Lipinski definition) is 6. The third-order valence-electron chi connectivity index (χ3n) is 5.40. The number of aromatic nitrogens is 1. The molecular weight excluding hydrogens is 418 g/mol. The van der Waals surface area contributed by atoms with Crippen LogP contribution in [0.25, 0.3) is 10.1 Å². The number of benzene rings is 2. The van der Waals surface area contributed by atoms with E-state index in [1.165, 1.54) is 28.5 Å². The van der Waals surface area contributed by atoms with Gasteiger partial charge in [0.1, 0.15) is 5.82 Å². The normalized spacial score (nSPS) is 15.8. The van der Waals surface area contributed by atoms with Crippen LogP contribution in [0.3, 0.4) is 0 Å². The molecule has 7 nitrogen and oxygen atoms in total. The van der Waals surface area contributed by atoms with Crippen LogP contribution in [0.1, 0.15) is 5.56 Å². The first kappa shape index (κ1) is 21.0. The molecule has 0 aliphatic carbocycles. The Morgan fingerprint density at radius 1 is 1.07 bits per heavy atom. The average Bonchev–Trinajstić information content (AvgIpc) is 3.17. The van der Waals surface area contributed by atoms with E-state index in [0.717, 1.165) is 50.5 Å². The molecule has 1 fully saturated rings. The lowest BCUT2D eigenvalue weighted by Crippen LogP contribution is -2.47. The number of rotatable bonds is 7. The van der Waals surface area contributed by atoms with Gasteiger partial charge in [0.2, 0.25) is 0 Å². The van der Waals surface area contributed by atoms with Crippen molar-refractivity contribution in [3.05, 3.63) is 54.1 Å². The zero-order valence-electron chi connectivity index (χ0n) is 17.3. The van der Waals surface area contributed by atoms with Gasteiger partial charge < -0.3 is 4.90 Å². The summed E-state index contributed by atoms with van der Waals surface area (Å²) in [6, 6.07) is 16.0. The molecule has 9 heteroatoms. The summed E-state index contributed by atoms with van der Waals surface area (Å²) < 4.78 is 33.7. The molecule has 0 bridgehead atoms. The Labute approximate surface area is 182 Å². The summed E-state index contributed by atoms with van der Waals surface area (Å²) in [5.74, 6) is 1.11. The van der Waals surface area contributed by atoms with E-state index in [0.29, 0.717) is 5.69 Å². The SMILES string of the molecule is CN(C)S(=O)(=O)Nc1cccc(CCN2CCN(c3nsc4ccccc34)CC2)c1. The highest BCUT2D eigenvalue weighted by Crippen LogP contribution is 2.29. The lowest BCUT2D eigenvalue weighted by molar-refractivity contribution is 0.261. The predicted octanol–water partition coefficient (Wildman–Crippen LogP) is 2.88. The number of fused-ring (bicyclic) bond motifs is 1. The van der Waals surface area contributed by atoms with Gasteiger partial charge in [0.05, 0.1) is 10.4 Å². The molecule has 0 spiro atoms. The third-order valence-corrected chi connectivity index (χ3v) is 7.67. The summed E-state index contributed by atoms with van der Waals surface area (Å²) in [7, 11) is -0.456. The Kier molecular flexibility index (Phi) is 6.24. The van der Waals surface area contributed by atoms with Crippen LogP contribution in [0.5, 0.6) is 0 Å². The Morgan fingerprint density at radius 2 is 1.83 bits per heavy atom. The van der Waals surface area contributed by atoms with Crippen molar-refractivity contribution in [2.75, 3.05) is 56.4 Å². The van der Waals surface area contributed by atoms with E-state index in [9.17, 15) is 8.42 Å². The highest BCUT2D eigenvalue weighted by Gasteiger charge is 2.20. The first-order valence-corrected chi connectivity index (χ1v) is 12.2. The van der Waals surface area contributed by atoms with E-state index < -0.39 is 10.2 Å². The second-order valence-corrected chi connectivity index (χ2v) is 10.4. The molecule has 3 aromatic rings. The molecular formula is C21H27N5O2S2. The van der Waals surface area contributed by atoms with Gasteiger partial charge in [0.15, 0.2) is 0 Å². The second-order valence-electron chi connectivity index (χ2n) is 7.67. The van der Waals surface area contributed by atoms with E-state index in [1.807, 2.05) is 18.2 Å². The van der Waals surface area contributed by atoms with Crippen LogP contribution < -0.4 is 9.62 Å². The van der Waals surface area contributed by atoms with E-state index >= 15 is 0 Å². The minimum absolute atomic E-state index is 0.599. The molecule has 30 heavy (non-hydrogen) atoms. The largest absolute Gasteiger partial charge is 0.353 e. The van der Waals surface area contributed by atoms with Gasteiger partial charge in [0, 0.05) is 52.2 Å². The van der Waals surface area contributed by atoms with Crippen LogP contribution >= 0.6 is 11.5 Å². The van der Waals surface area contributed by atoms with E-state index in [2.05, 4.69) is 43.2 Å². The van der Waals surface area contributed by atoms with E-state index in [1.54, 1.807) is 17.6 Å². The Bertz CT molecular complexity index is 1110. The van der Waals surface area contributed by atoms with Crippen molar-refractivity contribution in [3.63, 3.8) is 0 Å². The van der Waals surface area contributed by atoms with Crippen molar-refractivity contribution in [1.82, 2.24) is 13.6 Å². The monoisotopic (exact) mass is 445 g/mol. The number of nitrogens with zero attached hydrogens (tertiary/aromatic N) is 4. The minimum Gasteiger partial charge on any atom is -0.353 e. The first-order chi connectivity index (χ1) is 14.4. The molecule has 0 radical (unpaired) electrons. The Morgan fingerprint density at radius 3 is 2.60 bits per heavy atom. The van der Waals surface area contributed by atoms with Crippen molar-refractivity contribution >= 4 is 43.3 Å².